The fourth-order valence-corrected chi connectivity index (χ4v) is 3.56. The number of amides is 1. The molecule has 30 heavy (non-hydrogen) atoms. The summed E-state index contributed by atoms with van der Waals surface area (Å²) in [6.45, 7) is 8.29. The standard InChI is InChI=1S/C24H28FN3O2/c1-5-6-15-27(23(29)16(2)3)17(4)22-26-21-10-8-7-9-20(21)24(30)28(22)19-13-11-18(25)12-14-19/h7-14,16-17H,5-6,15H2,1-4H3. The Morgan fingerprint density at radius 1 is 1.10 bits per heavy atom. The lowest BCUT2D eigenvalue weighted by molar-refractivity contribution is -0.137. The molecule has 0 aliphatic carbocycles. The molecule has 0 N–H and O–H groups in total. The summed E-state index contributed by atoms with van der Waals surface area (Å²) in [4.78, 5) is 32.9. The van der Waals surface area contributed by atoms with Gasteiger partial charge in [0.15, 0.2) is 0 Å². The van der Waals surface area contributed by atoms with Gasteiger partial charge in [0.25, 0.3) is 5.56 Å². The number of hydrogen-bond donors (Lipinski definition) is 0. The molecule has 0 saturated heterocycles. The number of aromatic nitrogens is 2. The van der Waals surface area contributed by atoms with Crippen molar-refractivity contribution in [2.75, 3.05) is 6.54 Å². The monoisotopic (exact) mass is 409 g/mol. The minimum atomic E-state index is -0.422. The lowest BCUT2D eigenvalue weighted by atomic mass is 10.1. The number of carbonyl (C=O) groups excluding carboxylic acids is 1. The molecule has 0 bridgehead atoms. The van der Waals surface area contributed by atoms with Crippen LogP contribution < -0.4 is 5.56 Å². The highest BCUT2D eigenvalue weighted by atomic mass is 19.1. The first kappa shape index (κ1) is 21.7. The van der Waals surface area contributed by atoms with E-state index in [0.29, 0.717) is 29.0 Å². The molecule has 0 saturated carbocycles. The number of halogens is 1. The van der Waals surface area contributed by atoms with E-state index < -0.39 is 6.04 Å². The second-order valence-corrected chi connectivity index (χ2v) is 7.82. The fourth-order valence-electron chi connectivity index (χ4n) is 3.56. The third-order valence-corrected chi connectivity index (χ3v) is 5.26. The quantitative estimate of drug-likeness (QED) is 0.559. The Kier molecular flexibility index (Phi) is 6.65. The highest BCUT2D eigenvalue weighted by Gasteiger charge is 2.27. The second kappa shape index (κ2) is 9.20. The van der Waals surface area contributed by atoms with Crippen LogP contribution in [-0.4, -0.2) is 26.9 Å². The van der Waals surface area contributed by atoms with Crippen molar-refractivity contribution in [1.82, 2.24) is 14.5 Å². The van der Waals surface area contributed by atoms with Crippen LogP contribution in [0.1, 0.15) is 52.4 Å². The maximum atomic E-state index is 13.5. The van der Waals surface area contributed by atoms with Gasteiger partial charge in [0.05, 0.1) is 22.6 Å². The lowest BCUT2D eigenvalue weighted by Crippen LogP contribution is -2.40. The summed E-state index contributed by atoms with van der Waals surface area (Å²) >= 11 is 0. The summed E-state index contributed by atoms with van der Waals surface area (Å²) in [6, 6.07) is 12.5. The third kappa shape index (κ3) is 4.27. The van der Waals surface area contributed by atoms with E-state index in [0.717, 1.165) is 12.8 Å². The Labute approximate surface area is 176 Å². The van der Waals surface area contributed by atoms with Crippen LogP contribution in [0.2, 0.25) is 0 Å². The number of hydrogen-bond acceptors (Lipinski definition) is 3. The normalized spacial score (nSPS) is 12.3. The first-order valence-corrected chi connectivity index (χ1v) is 10.4. The molecular formula is C24H28FN3O2. The Bertz CT molecular complexity index is 1090. The molecule has 3 aromatic rings. The van der Waals surface area contributed by atoms with Crippen molar-refractivity contribution in [2.24, 2.45) is 5.92 Å². The predicted octanol–water partition coefficient (Wildman–Crippen LogP) is 4.87. The van der Waals surface area contributed by atoms with E-state index in [1.807, 2.05) is 26.8 Å². The molecule has 0 radical (unpaired) electrons. The number of nitrogens with zero attached hydrogens (tertiary/aromatic N) is 3. The van der Waals surface area contributed by atoms with Gasteiger partial charge in [-0.05, 0) is 49.7 Å². The molecule has 1 amide bonds. The van der Waals surface area contributed by atoms with Gasteiger partial charge in [-0.15, -0.1) is 0 Å². The van der Waals surface area contributed by atoms with Crippen molar-refractivity contribution < 1.29 is 9.18 Å². The first-order valence-electron chi connectivity index (χ1n) is 10.4. The van der Waals surface area contributed by atoms with E-state index in [2.05, 4.69) is 6.92 Å². The molecule has 1 atom stereocenters. The molecule has 0 aliphatic rings. The number of carbonyl (C=O) groups is 1. The molecule has 0 aliphatic heterocycles. The molecule has 1 unspecified atom stereocenters. The maximum absolute atomic E-state index is 13.5. The van der Waals surface area contributed by atoms with E-state index in [4.69, 9.17) is 4.98 Å². The van der Waals surface area contributed by atoms with Crippen molar-refractivity contribution in [3.63, 3.8) is 0 Å². The van der Waals surface area contributed by atoms with Gasteiger partial charge in [-0.1, -0.05) is 39.3 Å². The van der Waals surface area contributed by atoms with Crippen molar-refractivity contribution in [3.8, 4) is 5.69 Å². The predicted molar refractivity (Wildman–Crippen MR) is 117 cm³/mol. The number of para-hydroxylation sites is 1. The summed E-state index contributed by atoms with van der Waals surface area (Å²) in [5, 5.41) is 0.480. The van der Waals surface area contributed by atoms with Gasteiger partial charge in [0, 0.05) is 12.5 Å². The van der Waals surface area contributed by atoms with Crippen LogP contribution in [0, 0.1) is 11.7 Å². The van der Waals surface area contributed by atoms with Crippen LogP contribution in [-0.2, 0) is 4.79 Å². The van der Waals surface area contributed by atoms with Gasteiger partial charge in [-0.3, -0.25) is 14.2 Å². The van der Waals surface area contributed by atoms with Gasteiger partial charge in [0.2, 0.25) is 5.91 Å². The molecule has 3 rings (SSSR count). The van der Waals surface area contributed by atoms with Gasteiger partial charge in [0.1, 0.15) is 11.6 Å². The summed E-state index contributed by atoms with van der Waals surface area (Å²) in [5.74, 6) is -0.0649. The average Bonchev–Trinajstić information content (AvgIpc) is 2.74. The second-order valence-electron chi connectivity index (χ2n) is 7.82. The Balaban J connectivity index is 2.24. The first-order chi connectivity index (χ1) is 14.3. The maximum Gasteiger partial charge on any atom is 0.266 e. The van der Waals surface area contributed by atoms with Gasteiger partial charge in [-0.25, -0.2) is 9.37 Å². The molecule has 2 aromatic carbocycles. The van der Waals surface area contributed by atoms with Crippen LogP contribution in [0.25, 0.3) is 16.6 Å². The van der Waals surface area contributed by atoms with E-state index in [9.17, 15) is 14.0 Å². The SMILES string of the molecule is CCCCN(C(=O)C(C)C)C(C)c1nc2ccccc2c(=O)n1-c1ccc(F)cc1. The highest BCUT2D eigenvalue weighted by Crippen LogP contribution is 2.25. The van der Waals surface area contributed by atoms with E-state index in [1.54, 1.807) is 35.2 Å². The smallest absolute Gasteiger partial charge is 0.266 e. The Morgan fingerprint density at radius 3 is 2.40 bits per heavy atom. The largest absolute Gasteiger partial charge is 0.333 e. The summed E-state index contributed by atoms with van der Waals surface area (Å²) in [6.07, 6.45) is 1.81. The molecule has 0 fully saturated rings. The number of unbranched alkanes of at least 4 members (excludes halogenated alkanes) is 1. The van der Waals surface area contributed by atoms with Crippen LogP contribution >= 0.6 is 0 Å². The van der Waals surface area contributed by atoms with Gasteiger partial charge >= 0.3 is 0 Å². The van der Waals surface area contributed by atoms with Gasteiger partial charge < -0.3 is 4.90 Å². The van der Waals surface area contributed by atoms with Crippen LogP contribution in [0.3, 0.4) is 0 Å². The van der Waals surface area contributed by atoms with E-state index >= 15 is 0 Å². The summed E-state index contributed by atoms with van der Waals surface area (Å²) in [7, 11) is 0. The molecule has 1 heterocycles. The van der Waals surface area contributed by atoms with Gasteiger partial charge in [-0.2, -0.15) is 0 Å². The zero-order valence-corrected chi connectivity index (χ0v) is 17.9. The molecule has 5 nitrogen and oxygen atoms in total. The number of benzene rings is 2. The van der Waals surface area contributed by atoms with E-state index in [1.165, 1.54) is 16.7 Å². The molecule has 158 valence electrons. The minimum Gasteiger partial charge on any atom is -0.333 e. The third-order valence-electron chi connectivity index (χ3n) is 5.26. The van der Waals surface area contributed by atoms with E-state index in [-0.39, 0.29) is 23.2 Å². The average molecular weight is 410 g/mol. The minimum absolute atomic E-state index is 0.0176. The van der Waals surface area contributed by atoms with Crippen LogP contribution in [0.4, 0.5) is 4.39 Å². The Morgan fingerprint density at radius 2 is 1.77 bits per heavy atom. The van der Waals surface area contributed by atoms with Crippen molar-refractivity contribution in [3.05, 3.63) is 70.5 Å². The van der Waals surface area contributed by atoms with Crippen LogP contribution in [0.15, 0.2) is 53.3 Å². The summed E-state index contributed by atoms with van der Waals surface area (Å²) < 4.78 is 15.0. The number of fused-ring (bicyclic) bond motifs is 1. The van der Waals surface area contributed by atoms with Crippen molar-refractivity contribution in [2.45, 2.75) is 46.6 Å². The fraction of sp³-hybridized carbons (Fsp3) is 0.375. The molecule has 1 aromatic heterocycles. The Hall–Kier alpha value is -3.02. The lowest BCUT2D eigenvalue weighted by Gasteiger charge is -2.32. The number of rotatable bonds is 7. The molecule has 6 heteroatoms. The summed E-state index contributed by atoms with van der Waals surface area (Å²) in [5.41, 5.74) is 0.866. The van der Waals surface area contributed by atoms with Crippen molar-refractivity contribution >= 4 is 16.8 Å². The zero-order chi connectivity index (χ0) is 21.8. The van der Waals surface area contributed by atoms with Crippen LogP contribution in [0.5, 0.6) is 0 Å². The van der Waals surface area contributed by atoms with Crippen molar-refractivity contribution in [1.29, 1.82) is 0 Å². The highest BCUT2D eigenvalue weighted by molar-refractivity contribution is 5.79. The molecule has 0 spiro atoms. The molecular weight excluding hydrogens is 381 g/mol. The zero-order valence-electron chi connectivity index (χ0n) is 17.9. The topological polar surface area (TPSA) is 55.2 Å².